The van der Waals surface area contributed by atoms with Crippen molar-refractivity contribution in [3.63, 3.8) is 0 Å². The minimum atomic E-state index is 0.569. The molecule has 1 fully saturated rings. The Hall–Kier alpha value is -0.870. The van der Waals surface area contributed by atoms with Gasteiger partial charge in [0.15, 0.2) is 0 Å². The highest BCUT2D eigenvalue weighted by Gasteiger charge is 2.11. The molecule has 5 heteroatoms. The summed E-state index contributed by atoms with van der Waals surface area (Å²) in [5, 5.41) is 0.569. The number of anilines is 1. The van der Waals surface area contributed by atoms with Crippen LogP contribution >= 0.6 is 11.6 Å². The quantitative estimate of drug-likeness (QED) is 0.706. The van der Waals surface area contributed by atoms with Crippen molar-refractivity contribution in [1.29, 1.82) is 0 Å². The molecule has 0 radical (unpaired) electrons. The Morgan fingerprint density at radius 3 is 2.79 bits per heavy atom. The molecule has 1 aromatic rings. The smallest absolute Gasteiger partial charge is 0.225 e. The van der Waals surface area contributed by atoms with Crippen LogP contribution in [0.15, 0.2) is 12.4 Å². The number of halogens is 1. The van der Waals surface area contributed by atoms with Crippen molar-refractivity contribution in [3.05, 3.63) is 17.4 Å². The summed E-state index contributed by atoms with van der Waals surface area (Å²) < 4.78 is 5.35. The summed E-state index contributed by atoms with van der Waals surface area (Å²) in [5.74, 6) is 0.736. The van der Waals surface area contributed by atoms with Crippen LogP contribution < -0.4 is 4.90 Å². The van der Waals surface area contributed by atoms with E-state index in [0.29, 0.717) is 5.02 Å². The van der Waals surface area contributed by atoms with Gasteiger partial charge in [-0.05, 0) is 6.42 Å². The first-order valence-corrected chi connectivity index (χ1v) is 5.04. The maximum absolute atomic E-state index is 5.71. The Balaban J connectivity index is 2.08. The molecule has 2 heterocycles. The van der Waals surface area contributed by atoms with Crippen molar-refractivity contribution in [2.45, 2.75) is 6.42 Å². The molecule has 0 amide bonds. The Morgan fingerprint density at radius 2 is 2.00 bits per heavy atom. The minimum Gasteiger partial charge on any atom is -0.380 e. The normalized spacial score (nSPS) is 17.9. The van der Waals surface area contributed by atoms with Gasteiger partial charge in [-0.2, -0.15) is 0 Å². The fourth-order valence-electron chi connectivity index (χ4n) is 1.41. The van der Waals surface area contributed by atoms with E-state index in [1.165, 1.54) is 0 Å². The Labute approximate surface area is 87.9 Å². The molecule has 0 aromatic carbocycles. The fourth-order valence-corrected chi connectivity index (χ4v) is 1.51. The summed E-state index contributed by atoms with van der Waals surface area (Å²) >= 11 is 5.71. The maximum Gasteiger partial charge on any atom is 0.225 e. The second kappa shape index (κ2) is 4.57. The van der Waals surface area contributed by atoms with Crippen LogP contribution in [-0.4, -0.2) is 36.3 Å². The van der Waals surface area contributed by atoms with Gasteiger partial charge in [0, 0.05) is 19.7 Å². The third-order valence-electron chi connectivity index (χ3n) is 2.11. The van der Waals surface area contributed by atoms with Gasteiger partial charge in [-0.3, -0.25) is 0 Å². The van der Waals surface area contributed by atoms with Crippen LogP contribution in [0.1, 0.15) is 6.42 Å². The maximum atomic E-state index is 5.71. The lowest BCUT2D eigenvalue weighted by Gasteiger charge is -2.18. The van der Waals surface area contributed by atoms with Crippen molar-refractivity contribution in [1.82, 2.24) is 9.97 Å². The first kappa shape index (κ1) is 9.68. The molecule has 0 unspecified atom stereocenters. The third kappa shape index (κ3) is 2.33. The van der Waals surface area contributed by atoms with Crippen molar-refractivity contribution in [3.8, 4) is 0 Å². The van der Waals surface area contributed by atoms with Crippen molar-refractivity contribution < 1.29 is 4.74 Å². The van der Waals surface area contributed by atoms with E-state index in [2.05, 4.69) is 14.9 Å². The fraction of sp³-hybridized carbons (Fsp3) is 0.556. The van der Waals surface area contributed by atoms with Gasteiger partial charge in [-0.1, -0.05) is 11.6 Å². The zero-order valence-corrected chi connectivity index (χ0v) is 8.57. The van der Waals surface area contributed by atoms with Gasteiger partial charge >= 0.3 is 0 Å². The first-order chi connectivity index (χ1) is 6.86. The van der Waals surface area contributed by atoms with Crippen LogP contribution in [0.5, 0.6) is 0 Å². The van der Waals surface area contributed by atoms with Crippen LogP contribution in [0, 0.1) is 0 Å². The van der Waals surface area contributed by atoms with Gasteiger partial charge in [0.05, 0.1) is 24.0 Å². The van der Waals surface area contributed by atoms with Gasteiger partial charge in [0.2, 0.25) is 5.95 Å². The van der Waals surface area contributed by atoms with Gasteiger partial charge < -0.3 is 9.64 Å². The summed E-state index contributed by atoms with van der Waals surface area (Å²) in [7, 11) is 0. The number of hydrogen-bond acceptors (Lipinski definition) is 4. The second-order valence-electron chi connectivity index (χ2n) is 3.15. The molecule has 4 nitrogen and oxygen atoms in total. The molecule has 1 aliphatic rings. The number of hydrogen-bond donors (Lipinski definition) is 0. The average Bonchev–Trinajstić information content (AvgIpc) is 2.47. The van der Waals surface area contributed by atoms with Crippen LogP contribution in [0.4, 0.5) is 5.95 Å². The van der Waals surface area contributed by atoms with Gasteiger partial charge in [0.25, 0.3) is 0 Å². The van der Waals surface area contributed by atoms with Gasteiger partial charge in [0.1, 0.15) is 0 Å². The largest absolute Gasteiger partial charge is 0.380 e. The highest BCUT2D eigenvalue weighted by Crippen LogP contribution is 2.11. The minimum absolute atomic E-state index is 0.569. The van der Waals surface area contributed by atoms with Crippen molar-refractivity contribution in [2.75, 3.05) is 31.2 Å². The molecule has 2 rings (SSSR count). The summed E-state index contributed by atoms with van der Waals surface area (Å²) in [5.41, 5.74) is 0. The summed E-state index contributed by atoms with van der Waals surface area (Å²) in [6, 6.07) is 0. The second-order valence-corrected chi connectivity index (χ2v) is 3.59. The number of rotatable bonds is 1. The Kier molecular flexibility index (Phi) is 3.16. The van der Waals surface area contributed by atoms with E-state index in [1.54, 1.807) is 12.4 Å². The van der Waals surface area contributed by atoms with E-state index in [1.807, 2.05) is 0 Å². The summed E-state index contributed by atoms with van der Waals surface area (Å²) in [4.78, 5) is 10.5. The SMILES string of the molecule is Clc1cnc(N2CCCOCC2)nc1. The number of ether oxygens (including phenoxy) is 1. The number of aromatic nitrogens is 2. The van der Waals surface area contributed by atoms with Crippen molar-refractivity contribution in [2.24, 2.45) is 0 Å². The monoisotopic (exact) mass is 213 g/mol. The first-order valence-electron chi connectivity index (χ1n) is 4.66. The van der Waals surface area contributed by atoms with E-state index in [-0.39, 0.29) is 0 Å². The topological polar surface area (TPSA) is 38.2 Å². The highest BCUT2D eigenvalue weighted by atomic mass is 35.5. The molecule has 0 spiro atoms. The van der Waals surface area contributed by atoms with Crippen LogP contribution in [0.25, 0.3) is 0 Å². The molecule has 0 aliphatic carbocycles. The van der Waals surface area contributed by atoms with Crippen molar-refractivity contribution >= 4 is 17.5 Å². The van der Waals surface area contributed by atoms with Gasteiger partial charge in [-0.25, -0.2) is 9.97 Å². The van der Waals surface area contributed by atoms with E-state index >= 15 is 0 Å². The molecule has 0 bridgehead atoms. The molecule has 0 N–H and O–H groups in total. The zero-order chi connectivity index (χ0) is 9.80. The van der Waals surface area contributed by atoms with E-state index in [4.69, 9.17) is 16.3 Å². The van der Waals surface area contributed by atoms with Gasteiger partial charge in [-0.15, -0.1) is 0 Å². The predicted octanol–water partition coefficient (Wildman–Crippen LogP) is 1.36. The van der Waals surface area contributed by atoms with Crippen LogP contribution in [-0.2, 0) is 4.74 Å². The molecule has 0 saturated carbocycles. The molecule has 1 aromatic heterocycles. The molecule has 1 aliphatic heterocycles. The average molecular weight is 214 g/mol. The lowest BCUT2D eigenvalue weighted by atomic mass is 10.4. The molecular formula is C9H12ClN3O. The highest BCUT2D eigenvalue weighted by molar-refractivity contribution is 6.30. The van der Waals surface area contributed by atoms with Crippen LogP contribution in [0.3, 0.4) is 0 Å². The molecule has 1 saturated heterocycles. The Morgan fingerprint density at radius 1 is 1.21 bits per heavy atom. The van der Waals surface area contributed by atoms with Crippen LogP contribution in [0.2, 0.25) is 5.02 Å². The third-order valence-corrected chi connectivity index (χ3v) is 2.31. The number of nitrogens with zero attached hydrogens (tertiary/aromatic N) is 3. The molecule has 0 atom stereocenters. The standard InChI is InChI=1S/C9H12ClN3O/c10-8-6-11-9(12-7-8)13-2-1-4-14-5-3-13/h6-7H,1-5H2. The summed E-state index contributed by atoms with van der Waals surface area (Å²) in [6.45, 7) is 3.36. The Bertz CT molecular complexity index is 283. The molecule has 76 valence electrons. The zero-order valence-electron chi connectivity index (χ0n) is 7.82. The van der Waals surface area contributed by atoms with E-state index in [0.717, 1.165) is 38.7 Å². The summed E-state index contributed by atoms with van der Waals surface area (Å²) in [6.07, 6.45) is 4.26. The molecular weight excluding hydrogens is 202 g/mol. The predicted molar refractivity (Wildman–Crippen MR) is 54.7 cm³/mol. The lowest BCUT2D eigenvalue weighted by Crippen LogP contribution is -2.27. The van der Waals surface area contributed by atoms with E-state index < -0.39 is 0 Å². The lowest BCUT2D eigenvalue weighted by molar-refractivity contribution is 0.152. The van der Waals surface area contributed by atoms with E-state index in [9.17, 15) is 0 Å². The molecule has 14 heavy (non-hydrogen) atoms.